The van der Waals surface area contributed by atoms with Gasteiger partial charge in [0.1, 0.15) is 0 Å². The number of benzene rings is 1. The zero-order valence-corrected chi connectivity index (χ0v) is 9.43. The molecule has 0 radical (unpaired) electrons. The van der Waals surface area contributed by atoms with Crippen molar-refractivity contribution >= 4 is 11.8 Å². The summed E-state index contributed by atoms with van der Waals surface area (Å²) in [6.45, 7) is 0.553. The molecular formula is C13H14N2O2. The quantitative estimate of drug-likeness (QED) is 0.832. The van der Waals surface area contributed by atoms with E-state index in [1.807, 2.05) is 30.3 Å². The van der Waals surface area contributed by atoms with Gasteiger partial charge in [-0.05, 0) is 18.4 Å². The molecule has 1 aromatic rings. The van der Waals surface area contributed by atoms with E-state index in [1.165, 1.54) is 10.6 Å². The second kappa shape index (κ2) is 3.87. The van der Waals surface area contributed by atoms with Gasteiger partial charge in [0, 0.05) is 6.54 Å². The number of hydrogen-bond acceptors (Lipinski definition) is 2. The molecule has 1 heterocycles. The maximum absolute atomic E-state index is 11.8. The standard InChI is InChI=1S/C13H14N2O2/c16-12-10-8-11(10)13(17)15(14-12)7-6-9-4-2-1-3-5-9/h1-5,10-11H,6-8H2,(H,14,16). The lowest BCUT2D eigenvalue weighted by Gasteiger charge is -2.26. The third-order valence-corrected chi connectivity index (χ3v) is 3.42. The Balaban J connectivity index is 1.62. The van der Waals surface area contributed by atoms with Crippen molar-refractivity contribution < 1.29 is 9.59 Å². The van der Waals surface area contributed by atoms with Crippen LogP contribution in [0.2, 0.25) is 0 Å². The first-order valence-electron chi connectivity index (χ1n) is 5.91. The Morgan fingerprint density at radius 1 is 1.18 bits per heavy atom. The summed E-state index contributed by atoms with van der Waals surface area (Å²) in [6, 6.07) is 9.96. The summed E-state index contributed by atoms with van der Waals surface area (Å²) < 4.78 is 0. The Hall–Kier alpha value is -1.84. The fraction of sp³-hybridized carbons (Fsp3) is 0.385. The number of hydrogen-bond donors (Lipinski definition) is 1. The maximum Gasteiger partial charge on any atom is 0.244 e. The van der Waals surface area contributed by atoms with Crippen LogP contribution in [0, 0.1) is 11.8 Å². The average Bonchev–Trinajstić information content (AvgIpc) is 3.14. The van der Waals surface area contributed by atoms with Crippen LogP contribution in [0.15, 0.2) is 30.3 Å². The molecule has 1 aromatic carbocycles. The lowest BCUT2D eigenvalue weighted by atomic mass is 10.1. The second-order valence-corrected chi connectivity index (χ2v) is 4.65. The van der Waals surface area contributed by atoms with Gasteiger partial charge in [-0.2, -0.15) is 0 Å². The largest absolute Gasteiger partial charge is 0.273 e. The SMILES string of the molecule is O=C1NN(CCc2ccccc2)C(=O)C2CC12. The molecule has 2 unspecified atom stereocenters. The van der Waals surface area contributed by atoms with Crippen LogP contribution in [0.25, 0.3) is 0 Å². The number of nitrogens with zero attached hydrogens (tertiary/aromatic N) is 1. The topological polar surface area (TPSA) is 49.4 Å². The molecule has 88 valence electrons. The van der Waals surface area contributed by atoms with Gasteiger partial charge in [-0.15, -0.1) is 0 Å². The van der Waals surface area contributed by atoms with Crippen molar-refractivity contribution in [2.45, 2.75) is 12.8 Å². The molecule has 17 heavy (non-hydrogen) atoms. The van der Waals surface area contributed by atoms with Crippen LogP contribution < -0.4 is 5.43 Å². The van der Waals surface area contributed by atoms with Gasteiger partial charge in [0.2, 0.25) is 11.8 Å². The summed E-state index contributed by atoms with van der Waals surface area (Å²) in [6.07, 6.45) is 1.50. The molecule has 1 aliphatic carbocycles. The van der Waals surface area contributed by atoms with Gasteiger partial charge in [0.05, 0.1) is 11.8 Å². The summed E-state index contributed by atoms with van der Waals surface area (Å²) in [5.41, 5.74) is 3.85. The molecule has 1 saturated carbocycles. The second-order valence-electron chi connectivity index (χ2n) is 4.65. The Bertz CT molecular complexity index is 458. The fourth-order valence-electron chi connectivity index (χ4n) is 2.28. The highest BCUT2D eigenvalue weighted by atomic mass is 16.2. The summed E-state index contributed by atoms with van der Waals surface area (Å²) in [7, 11) is 0. The molecule has 4 nitrogen and oxygen atoms in total. The third kappa shape index (κ3) is 1.90. The molecule has 1 saturated heterocycles. The zero-order chi connectivity index (χ0) is 11.8. The summed E-state index contributed by atoms with van der Waals surface area (Å²) in [4.78, 5) is 23.3. The van der Waals surface area contributed by atoms with Crippen LogP contribution >= 0.6 is 0 Å². The molecule has 1 N–H and O–H groups in total. The van der Waals surface area contributed by atoms with E-state index in [2.05, 4.69) is 5.43 Å². The Morgan fingerprint density at radius 3 is 2.71 bits per heavy atom. The summed E-state index contributed by atoms with van der Waals surface area (Å²) in [5.74, 6) is -0.0109. The molecule has 0 aromatic heterocycles. The highest BCUT2D eigenvalue weighted by Crippen LogP contribution is 2.42. The summed E-state index contributed by atoms with van der Waals surface area (Å²) >= 11 is 0. The average molecular weight is 230 g/mol. The van der Waals surface area contributed by atoms with Crippen molar-refractivity contribution in [1.29, 1.82) is 0 Å². The minimum Gasteiger partial charge on any atom is -0.273 e. The molecule has 2 atom stereocenters. The van der Waals surface area contributed by atoms with Gasteiger partial charge in [0.15, 0.2) is 0 Å². The van der Waals surface area contributed by atoms with Gasteiger partial charge in [0.25, 0.3) is 0 Å². The molecule has 0 bridgehead atoms. The lowest BCUT2D eigenvalue weighted by Crippen LogP contribution is -2.52. The normalized spacial score (nSPS) is 26.5. The molecule has 0 spiro atoms. The molecule has 2 fully saturated rings. The van der Waals surface area contributed by atoms with E-state index in [-0.39, 0.29) is 23.7 Å². The van der Waals surface area contributed by atoms with E-state index in [0.29, 0.717) is 6.54 Å². The van der Waals surface area contributed by atoms with Gasteiger partial charge in [-0.25, -0.2) is 0 Å². The number of nitrogens with one attached hydrogen (secondary N) is 1. The number of hydrazine groups is 1. The molecule has 1 aliphatic heterocycles. The van der Waals surface area contributed by atoms with Crippen LogP contribution in [0.3, 0.4) is 0 Å². The van der Waals surface area contributed by atoms with Crippen molar-refractivity contribution in [3.8, 4) is 0 Å². The van der Waals surface area contributed by atoms with E-state index >= 15 is 0 Å². The Morgan fingerprint density at radius 2 is 1.94 bits per heavy atom. The van der Waals surface area contributed by atoms with Crippen LogP contribution in [-0.4, -0.2) is 23.4 Å². The Labute approximate surface area is 99.6 Å². The first-order chi connectivity index (χ1) is 8.25. The maximum atomic E-state index is 11.8. The minimum absolute atomic E-state index is 0.00246. The predicted molar refractivity (Wildman–Crippen MR) is 61.6 cm³/mol. The monoisotopic (exact) mass is 230 g/mol. The van der Waals surface area contributed by atoms with Gasteiger partial charge in [-0.3, -0.25) is 20.0 Å². The van der Waals surface area contributed by atoms with Crippen LogP contribution in [0.5, 0.6) is 0 Å². The molecule has 2 amide bonds. The van der Waals surface area contributed by atoms with E-state index in [9.17, 15) is 9.59 Å². The van der Waals surface area contributed by atoms with Crippen molar-refractivity contribution in [2.75, 3.05) is 6.54 Å². The first kappa shape index (κ1) is 10.3. The predicted octanol–water partition coefficient (Wildman–Crippen LogP) is 0.739. The van der Waals surface area contributed by atoms with E-state index < -0.39 is 0 Å². The Kier molecular flexibility index (Phi) is 2.35. The highest BCUT2D eigenvalue weighted by molar-refractivity contribution is 5.97. The number of rotatable bonds is 3. The fourth-order valence-corrected chi connectivity index (χ4v) is 2.28. The summed E-state index contributed by atoms with van der Waals surface area (Å²) in [5, 5.41) is 1.48. The number of carbonyl (C=O) groups excluding carboxylic acids is 2. The van der Waals surface area contributed by atoms with E-state index in [1.54, 1.807) is 0 Å². The third-order valence-electron chi connectivity index (χ3n) is 3.42. The zero-order valence-electron chi connectivity index (χ0n) is 9.43. The number of fused-ring (bicyclic) bond motifs is 1. The van der Waals surface area contributed by atoms with Gasteiger partial charge >= 0.3 is 0 Å². The smallest absolute Gasteiger partial charge is 0.244 e. The van der Waals surface area contributed by atoms with Crippen molar-refractivity contribution in [3.63, 3.8) is 0 Å². The number of amides is 2. The van der Waals surface area contributed by atoms with Crippen LogP contribution in [0.1, 0.15) is 12.0 Å². The minimum atomic E-state index is -0.0459. The first-order valence-corrected chi connectivity index (χ1v) is 5.91. The van der Waals surface area contributed by atoms with Gasteiger partial charge in [-0.1, -0.05) is 30.3 Å². The van der Waals surface area contributed by atoms with E-state index in [0.717, 1.165) is 12.8 Å². The lowest BCUT2D eigenvalue weighted by molar-refractivity contribution is -0.148. The van der Waals surface area contributed by atoms with Crippen molar-refractivity contribution in [2.24, 2.45) is 11.8 Å². The molecular weight excluding hydrogens is 216 g/mol. The number of carbonyl (C=O) groups is 2. The van der Waals surface area contributed by atoms with Crippen molar-refractivity contribution in [1.82, 2.24) is 10.4 Å². The van der Waals surface area contributed by atoms with E-state index in [4.69, 9.17) is 0 Å². The molecule has 4 heteroatoms. The highest BCUT2D eigenvalue weighted by Gasteiger charge is 2.53. The molecule has 2 aliphatic rings. The van der Waals surface area contributed by atoms with Gasteiger partial charge < -0.3 is 0 Å². The van der Waals surface area contributed by atoms with Crippen LogP contribution in [0.4, 0.5) is 0 Å². The van der Waals surface area contributed by atoms with Crippen LogP contribution in [-0.2, 0) is 16.0 Å². The molecule has 3 rings (SSSR count). The van der Waals surface area contributed by atoms with Crippen molar-refractivity contribution in [3.05, 3.63) is 35.9 Å².